The molecule has 2 aliphatic heterocycles. The fourth-order valence-electron chi connectivity index (χ4n) is 3.85. The molecular weight excluding hydrogens is 246 g/mol. The number of rotatable bonds is 5. The molecule has 0 radical (unpaired) electrons. The van der Waals surface area contributed by atoms with E-state index in [9.17, 15) is 0 Å². The van der Waals surface area contributed by atoms with Gasteiger partial charge in [-0.2, -0.15) is 0 Å². The third kappa shape index (κ3) is 4.44. The van der Waals surface area contributed by atoms with E-state index in [0.717, 1.165) is 24.7 Å². The van der Waals surface area contributed by atoms with Crippen LogP contribution in [0, 0.1) is 0 Å². The molecule has 2 aliphatic rings. The fourth-order valence-corrected chi connectivity index (χ4v) is 3.85. The number of nitrogens with one attached hydrogen (secondary N) is 1. The van der Waals surface area contributed by atoms with Crippen molar-refractivity contribution in [3.63, 3.8) is 0 Å². The van der Waals surface area contributed by atoms with Crippen LogP contribution in [0.2, 0.25) is 0 Å². The smallest absolute Gasteiger partial charge is 0.0224 e. The summed E-state index contributed by atoms with van der Waals surface area (Å²) in [4.78, 5) is 5.48. The highest BCUT2D eigenvalue weighted by Crippen LogP contribution is 2.26. The predicted molar refractivity (Wildman–Crippen MR) is 87.2 cm³/mol. The SMILES string of the molecule is CC(CCCNC(C)(C)C)N1CC2CCCN2CC1C. The average molecular weight is 281 g/mol. The monoisotopic (exact) mass is 281 g/mol. The quantitative estimate of drug-likeness (QED) is 0.782. The lowest BCUT2D eigenvalue weighted by molar-refractivity contribution is 0.0300. The van der Waals surface area contributed by atoms with Crippen LogP contribution in [-0.2, 0) is 0 Å². The molecule has 3 unspecified atom stereocenters. The van der Waals surface area contributed by atoms with Crippen molar-refractivity contribution in [3.05, 3.63) is 0 Å². The molecule has 2 saturated heterocycles. The number of nitrogens with zero attached hydrogens (tertiary/aromatic N) is 2. The summed E-state index contributed by atoms with van der Waals surface area (Å²) in [7, 11) is 0. The van der Waals surface area contributed by atoms with Crippen LogP contribution < -0.4 is 5.32 Å². The van der Waals surface area contributed by atoms with Gasteiger partial charge in [0.2, 0.25) is 0 Å². The Labute approximate surface area is 126 Å². The summed E-state index contributed by atoms with van der Waals surface area (Å²) in [6, 6.07) is 2.31. The molecule has 2 heterocycles. The van der Waals surface area contributed by atoms with Crippen LogP contribution in [0.3, 0.4) is 0 Å². The standard InChI is InChI=1S/C17H35N3/c1-14(8-6-10-18-17(3,4)5)20-13-16-9-7-11-19(16)12-15(20)2/h14-16,18H,6-13H2,1-5H3. The molecule has 0 aromatic carbocycles. The van der Waals surface area contributed by atoms with Crippen molar-refractivity contribution in [2.24, 2.45) is 0 Å². The molecule has 0 aliphatic carbocycles. The Morgan fingerprint density at radius 1 is 1.25 bits per heavy atom. The van der Waals surface area contributed by atoms with Gasteiger partial charge in [-0.25, -0.2) is 0 Å². The van der Waals surface area contributed by atoms with Gasteiger partial charge in [-0.3, -0.25) is 9.80 Å². The van der Waals surface area contributed by atoms with Gasteiger partial charge in [-0.05, 0) is 73.4 Å². The van der Waals surface area contributed by atoms with E-state index < -0.39 is 0 Å². The second-order valence-electron chi connectivity index (χ2n) is 8.00. The molecule has 0 aromatic rings. The number of piperazine rings is 1. The van der Waals surface area contributed by atoms with Gasteiger partial charge in [0, 0.05) is 36.8 Å². The van der Waals surface area contributed by atoms with E-state index in [1.807, 2.05) is 0 Å². The molecule has 1 N–H and O–H groups in total. The lowest BCUT2D eigenvalue weighted by Gasteiger charge is -2.45. The van der Waals surface area contributed by atoms with E-state index in [2.05, 4.69) is 49.7 Å². The minimum absolute atomic E-state index is 0.256. The average Bonchev–Trinajstić information content (AvgIpc) is 2.79. The Balaban J connectivity index is 1.73. The van der Waals surface area contributed by atoms with Gasteiger partial charge in [-0.15, -0.1) is 0 Å². The molecule has 0 amide bonds. The van der Waals surface area contributed by atoms with Crippen LogP contribution >= 0.6 is 0 Å². The highest BCUT2D eigenvalue weighted by Gasteiger charge is 2.35. The molecule has 3 heteroatoms. The van der Waals surface area contributed by atoms with Gasteiger partial charge in [0.1, 0.15) is 0 Å². The molecule has 3 atom stereocenters. The van der Waals surface area contributed by atoms with Crippen LogP contribution in [0.25, 0.3) is 0 Å². The van der Waals surface area contributed by atoms with Gasteiger partial charge in [0.05, 0.1) is 0 Å². The van der Waals surface area contributed by atoms with E-state index in [4.69, 9.17) is 0 Å². The van der Waals surface area contributed by atoms with Crippen molar-refractivity contribution in [3.8, 4) is 0 Å². The number of hydrogen-bond acceptors (Lipinski definition) is 3. The van der Waals surface area contributed by atoms with Gasteiger partial charge in [-0.1, -0.05) is 0 Å². The zero-order chi connectivity index (χ0) is 14.8. The Hall–Kier alpha value is -0.120. The first kappa shape index (κ1) is 16.3. The van der Waals surface area contributed by atoms with Crippen molar-refractivity contribution in [1.82, 2.24) is 15.1 Å². The zero-order valence-corrected chi connectivity index (χ0v) is 14.3. The van der Waals surface area contributed by atoms with Crippen LogP contribution in [0.4, 0.5) is 0 Å². The Morgan fingerprint density at radius 2 is 2.00 bits per heavy atom. The topological polar surface area (TPSA) is 18.5 Å². The molecule has 0 aromatic heterocycles. The van der Waals surface area contributed by atoms with E-state index in [0.29, 0.717) is 0 Å². The van der Waals surface area contributed by atoms with Crippen LogP contribution in [-0.4, -0.2) is 59.6 Å². The summed E-state index contributed by atoms with van der Waals surface area (Å²) >= 11 is 0. The summed E-state index contributed by atoms with van der Waals surface area (Å²) < 4.78 is 0. The Bertz CT molecular complexity index is 297. The van der Waals surface area contributed by atoms with Crippen molar-refractivity contribution in [2.45, 2.75) is 84.0 Å². The lowest BCUT2D eigenvalue weighted by Crippen LogP contribution is -2.57. The molecule has 2 fully saturated rings. The summed E-state index contributed by atoms with van der Waals surface area (Å²) in [5, 5.41) is 3.60. The van der Waals surface area contributed by atoms with E-state index >= 15 is 0 Å². The van der Waals surface area contributed by atoms with Crippen LogP contribution in [0.15, 0.2) is 0 Å². The summed E-state index contributed by atoms with van der Waals surface area (Å²) in [5.74, 6) is 0. The lowest BCUT2D eigenvalue weighted by atomic mass is 10.0. The maximum Gasteiger partial charge on any atom is 0.0224 e. The molecular formula is C17H35N3. The first-order valence-electron chi connectivity index (χ1n) is 8.61. The zero-order valence-electron chi connectivity index (χ0n) is 14.3. The minimum atomic E-state index is 0.256. The maximum absolute atomic E-state index is 3.60. The highest BCUT2D eigenvalue weighted by atomic mass is 15.3. The van der Waals surface area contributed by atoms with Crippen molar-refractivity contribution >= 4 is 0 Å². The van der Waals surface area contributed by atoms with Crippen molar-refractivity contribution in [1.29, 1.82) is 0 Å². The fraction of sp³-hybridized carbons (Fsp3) is 1.00. The molecule has 0 bridgehead atoms. The number of fused-ring (bicyclic) bond motifs is 1. The van der Waals surface area contributed by atoms with E-state index in [1.54, 1.807) is 0 Å². The molecule has 3 nitrogen and oxygen atoms in total. The molecule has 118 valence electrons. The largest absolute Gasteiger partial charge is 0.312 e. The third-order valence-corrected chi connectivity index (χ3v) is 5.01. The molecule has 2 rings (SSSR count). The second-order valence-corrected chi connectivity index (χ2v) is 8.00. The van der Waals surface area contributed by atoms with Gasteiger partial charge < -0.3 is 5.32 Å². The summed E-state index contributed by atoms with van der Waals surface area (Å²) in [6.45, 7) is 16.7. The summed E-state index contributed by atoms with van der Waals surface area (Å²) in [5.41, 5.74) is 0.256. The van der Waals surface area contributed by atoms with E-state index in [1.165, 1.54) is 45.3 Å². The Kier molecular flexibility index (Phi) is 5.49. The summed E-state index contributed by atoms with van der Waals surface area (Å²) in [6.07, 6.45) is 5.44. The first-order chi connectivity index (χ1) is 9.37. The van der Waals surface area contributed by atoms with Crippen molar-refractivity contribution in [2.75, 3.05) is 26.2 Å². The van der Waals surface area contributed by atoms with Crippen LogP contribution in [0.5, 0.6) is 0 Å². The molecule has 20 heavy (non-hydrogen) atoms. The first-order valence-corrected chi connectivity index (χ1v) is 8.61. The normalized spacial score (nSPS) is 30.4. The van der Waals surface area contributed by atoms with E-state index in [-0.39, 0.29) is 5.54 Å². The van der Waals surface area contributed by atoms with Gasteiger partial charge in [0.15, 0.2) is 0 Å². The second kappa shape index (κ2) is 6.76. The molecule has 0 spiro atoms. The van der Waals surface area contributed by atoms with Gasteiger partial charge in [0.25, 0.3) is 0 Å². The maximum atomic E-state index is 3.60. The highest BCUT2D eigenvalue weighted by molar-refractivity contribution is 4.92. The van der Waals surface area contributed by atoms with Crippen molar-refractivity contribution < 1.29 is 0 Å². The molecule has 0 saturated carbocycles. The third-order valence-electron chi connectivity index (χ3n) is 5.01. The van der Waals surface area contributed by atoms with Gasteiger partial charge >= 0.3 is 0 Å². The Morgan fingerprint density at radius 3 is 2.70 bits per heavy atom. The predicted octanol–water partition coefficient (Wildman–Crippen LogP) is 2.71. The number of hydrogen-bond donors (Lipinski definition) is 1. The minimum Gasteiger partial charge on any atom is -0.312 e. The van der Waals surface area contributed by atoms with Crippen LogP contribution in [0.1, 0.15) is 60.3 Å².